The lowest BCUT2D eigenvalue weighted by atomic mass is 9.94. The summed E-state index contributed by atoms with van der Waals surface area (Å²) in [5.74, 6) is -0.481. The summed E-state index contributed by atoms with van der Waals surface area (Å²) in [5.41, 5.74) is 2.27. The minimum Gasteiger partial charge on any atom is -0.478 e. The molecule has 1 heterocycles. The number of carbonyl (C=O) groups is 2. The number of carbonyl (C=O) groups excluding carboxylic acids is 1. The van der Waals surface area contributed by atoms with Gasteiger partial charge in [-0.05, 0) is 24.3 Å². The van der Waals surface area contributed by atoms with Crippen LogP contribution in [0.25, 0.3) is 0 Å². The zero-order valence-electron chi connectivity index (χ0n) is 12.2. The summed E-state index contributed by atoms with van der Waals surface area (Å²) in [6, 6.07) is 0. The number of rotatable bonds is 7. The highest BCUT2D eigenvalue weighted by atomic mass is 16.4. The molecule has 0 saturated carbocycles. The highest BCUT2D eigenvalue weighted by Crippen LogP contribution is 2.26. The minimum absolute atomic E-state index is 0.181. The van der Waals surface area contributed by atoms with Crippen LogP contribution in [0.1, 0.15) is 65.7 Å². The van der Waals surface area contributed by atoms with Crippen LogP contribution in [0.4, 0.5) is 0 Å². The first kappa shape index (κ1) is 15.5. The van der Waals surface area contributed by atoms with Crippen molar-refractivity contribution in [2.24, 2.45) is 13.0 Å². The molecule has 0 saturated heterocycles. The molecule has 0 spiro atoms. The van der Waals surface area contributed by atoms with E-state index in [-0.39, 0.29) is 11.3 Å². The van der Waals surface area contributed by atoms with Gasteiger partial charge in [-0.1, -0.05) is 33.6 Å². The fraction of sp³-hybridized carbons (Fsp3) is 0.600. The Hall–Kier alpha value is -1.58. The van der Waals surface area contributed by atoms with Gasteiger partial charge in [0, 0.05) is 12.7 Å². The van der Waals surface area contributed by atoms with Crippen molar-refractivity contribution >= 4 is 12.3 Å². The first-order valence-corrected chi connectivity index (χ1v) is 6.90. The number of carboxylic acid groups (broad SMARTS) is 1. The standard InChI is InChI=1S/C15H23NO3/c1-5-10(6-2)8-12-11(7-3)14(15(18)19)13(9-17)16(12)4/h9-10H,5-8H2,1-4H3,(H,18,19). The van der Waals surface area contributed by atoms with Gasteiger partial charge in [0.1, 0.15) is 0 Å². The maximum atomic E-state index is 11.4. The van der Waals surface area contributed by atoms with Gasteiger partial charge in [0.15, 0.2) is 6.29 Å². The summed E-state index contributed by atoms with van der Waals surface area (Å²) in [7, 11) is 1.78. The van der Waals surface area contributed by atoms with Crippen molar-refractivity contribution in [3.05, 3.63) is 22.5 Å². The third kappa shape index (κ3) is 2.88. The van der Waals surface area contributed by atoms with Gasteiger partial charge < -0.3 is 9.67 Å². The van der Waals surface area contributed by atoms with E-state index in [1.54, 1.807) is 11.6 Å². The summed E-state index contributed by atoms with van der Waals surface area (Å²) >= 11 is 0. The molecule has 1 rings (SSSR count). The van der Waals surface area contributed by atoms with E-state index in [9.17, 15) is 14.7 Å². The van der Waals surface area contributed by atoms with Crippen molar-refractivity contribution in [3.8, 4) is 0 Å². The van der Waals surface area contributed by atoms with Gasteiger partial charge in [-0.15, -0.1) is 0 Å². The Kier molecular flexibility index (Phi) is 5.33. The quantitative estimate of drug-likeness (QED) is 0.771. The summed E-state index contributed by atoms with van der Waals surface area (Å²) in [6.07, 6.45) is 4.24. The van der Waals surface area contributed by atoms with Gasteiger partial charge in [0.25, 0.3) is 0 Å². The second-order valence-electron chi connectivity index (χ2n) is 4.91. The number of carboxylic acids is 1. The third-order valence-electron chi connectivity index (χ3n) is 3.99. The van der Waals surface area contributed by atoms with Crippen LogP contribution in [-0.2, 0) is 19.9 Å². The Labute approximate surface area is 114 Å². The Morgan fingerprint density at radius 1 is 1.32 bits per heavy atom. The van der Waals surface area contributed by atoms with Gasteiger partial charge in [0.2, 0.25) is 0 Å². The number of aromatic nitrogens is 1. The predicted octanol–water partition coefficient (Wildman–Crippen LogP) is 3.08. The molecule has 0 unspecified atom stereocenters. The van der Waals surface area contributed by atoms with Gasteiger partial charge in [-0.25, -0.2) is 4.79 Å². The average molecular weight is 265 g/mol. The maximum absolute atomic E-state index is 11.4. The van der Waals surface area contributed by atoms with E-state index in [1.165, 1.54) is 0 Å². The molecule has 1 aromatic rings. The molecule has 0 radical (unpaired) electrons. The topological polar surface area (TPSA) is 59.3 Å². The van der Waals surface area contributed by atoms with Crippen molar-refractivity contribution in [3.63, 3.8) is 0 Å². The number of hydrogen-bond donors (Lipinski definition) is 1. The van der Waals surface area contributed by atoms with Crippen molar-refractivity contribution in [1.29, 1.82) is 0 Å². The van der Waals surface area contributed by atoms with Crippen molar-refractivity contribution < 1.29 is 14.7 Å². The van der Waals surface area contributed by atoms with Gasteiger partial charge in [0.05, 0.1) is 11.3 Å². The molecule has 4 nitrogen and oxygen atoms in total. The fourth-order valence-corrected chi connectivity index (χ4v) is 2.68. The van der Waals surface area contributed by atoms with Crippen LogP contribution in [-0.4, -0.2) is 21.9 Å². The van der Waals surface area contributed by atoms with Crippen LogP contribution in [0.2, 0.25) is 0 Å². The first-order valence-electron chi connectivity index (χ1n) is 6.90. The molecule has 0 fully saturated rings. The number of aromatic carboxylic acids is 1. The lowest BCUT2D eigenvalue weighted by molar-refractivity contribution is 0.0692. The van der Waals surface area contributed by atoms with Crippen LogP contribution >= 0.6 is 0 Å². The predicted molar refractivity (Wildman–Crippen MR) is 74.9 cm³/mol. The minimum atomic E-state index is -1.01. The highest BCUT2D eigenvalue weighted by Gasteiger charge is 2.25. The average Bonchev–Trinajstić information content (AvgIpc) is 2.67. The zero-order valence-corrected chi connectivity index (χ0v) is 12.2. The van der Waals surface area contributed by atoms with Crippen LogP contribution < -0.4 is 0 Å². The molecular formula is C15H23NO3. The van der Waals surface area contributed by atoms with E-state index in [0.29, 0.717) is 18.6 Å². The summed E-state index contributed by atoms with van der Waals surface area (Å²) in [6.45, 7) is 6.22. The van der Waals surface area contributed by atoms with Gasteiger partial charge in [-0.2, -0.15) is 0 Å². The smallest absolute Gasteiger partial charge is 0.338 e. The maximum Gasteiger partial charge on any atom is 0.338 e. The molecule has 0 aliphatic carbocycles. The van der Waals surface area contributed by atoms with Crippen LogP contribution in [0, 0.1) is 5.92 Å². The van der Waals surface area contributed by atoms with Crippen molar-refractivity contribution in [1.82, 2.24) is 4.57 Å². The SMILES string of the molecule is CCc1c(C(=O)O)c(C=O)n(C)c1CC(CC)CC. The monoisotopic (exact) mass is 265 g/mol. The molecule has 4 heteroatoms. The summed E-state index contributed by atoms with van der Waals surface area (Å²) in [4.78, 5) is 22.6. The number of aldehydes is 1. The summed E-state index contributed by atoms with van der Waals surface area (Å²) < 4.78 is 1.76. The van der Waals surface area contributed by atoms with Gasteiger partial charge >= 0.3 is 5.97 Å². The lowest BCUT2D eigenvalue weighted by Crippen LogP contribution is -2.09. The van der Waals surface area contributed by atoms with Crippen LogP contribution in [0.3, 0.4) is 0 Å². The Morgan fingerprint density at radius 2 is 1.89 bits per heavy atom. The largest absolute Gasteiger partial charge is 0.478 e. The van der Waals surface area contributed by atoms with Crippen molar-refractivity contribution in [2.45, 2.75) is 46.5 Å². The van der Waals surface area contributed by atoms with Gasteiger partial charge in [-0.3, -0.25) is 4.79 Å². The first-order chi connectivity index (χ1) is 9.01. The second-order valence-corrected chi connectivity index (χ2v) is 4.91. The molecule has 0 aromatic carbocycles. The molecule has 1 N–H and O–H groups in total. The molecule has 19 heavy (non-hydrogen) atoms. The van der Waals surface area contributed by atoms with E-state index in [0.717, 1.165) is 30.5 Å². The fourth-order valence-electron chi connectivity index (χ4n) is 2.68. The molecule has 0 bridgehead atoms. The Balaban J connectivity index is 3.38. The normalized spacial score (nSPS) is 11.0. The Morgan fingerprint density at radius 3 is 2.26 bits per heavy atom. The second kappa shape index (κ2) is 6.55. The molecule has 0 amide bonds. The van der Waals surface area contributed by atoms with E-state index in [1.807, 2.05) is 6.92 Å². The highest BCUT2D eigenvalue weighted by molar-refractivity contribution is 5.98. The number of nitrogens with zero attached hydrogens (tertiary/aromatic N) is 1. The molecule has 0 aliphatic rings. The third-order valence-corrected chi connectivity index (χ3v) is 3.99. The molecular weight excluding hydrogens is 242 g/mol. The van der Waals surface area contributed by atoms with E-state index in [2.05, 4.69) is 13.8 Å². The van der Waals surface area contributed by atoms with E-state index < -0.39 is 5.97 Å². The van der Waals surface area contributed by atoms with E-state index in [4.69, 9.17) is 0 Å². The Bertz CT molecular complexity index is 470. The zero-order chi connectivity index (χ0) is 14.6. The van der Waals surface area contributed by atoms with E-state index >= 15 is 0 Å². The van der Waals surface area contributed by atoms with Crippen LogP contribution in [0.5, 0.6) is 0 Å². The summed E-state index contributed by atoms with van der Waals surface area (Å²) in [5, 5.41) is 9.32. The number of hydrogen-bond acceptors (Lipinski definition) is 2. The molecule has 0 aliphatic heterocycles. The molecule has 106 valence electrons. The van der Waals surface area contributed by atoms with Crippen molar-refractivity contribution in [2.75, 3.05) is 0 Å². The molecule has 0 atom stereocenters. The molecule has 1 aromatic heterocycles. The van der Waals surface area contributed by atoms with Crippen LogP contribution in [0.15, 0.2) is 0 Å². The lowest BCUT2D eigenvalue weighted by Gasteiger charge is -2.14.